The van der Waals surface area contributed by atoms with Gasteiger partial charge in [0.25, 0.3) is 5.91 Å². The van der Waals surface area contributed by atoms with Gasteiger partial charge in [0.15, 0.2) is 0 Å². The molecule has 0 spiro atoms. The predicted octanol–water partition coefficient (Wildman–Crippen LogP) is 2.69. The molecule has 2 rings (SSSR count). The van der Waals surface area contributed by atoms with Crippen molar-refractivity contribution in [2.45, 2.75) is 17.6 Å². The lowest BCUT2D eigenvalue weighted by atomic mass is 10.1. The van der Waals surface area contributed by atoms with Crippen molar-refractivity contribution in [2.75, 3.05) is 6.54 Å². The summed E-state index contributed by atoms with van der Waals surface area (Å²) in [5.74, 6) is 0.348. The number of benzene rings is 2. The largest absolute Gasteiger partial charge is 0.416 e. The highest BCUT2D eigenvalue weighted by Crippen LogP contribution is 2.32. The van der Waals surface area contributed by atoms with Gasteiger partial charge in [-0.1, -0.05) is 12.0 Å². The monoisotopic (exact) mass is 414 g/mol. The van der Waals surface area contributed by atoms with Gasteiger partial charge in [-0.25, -0.2) is 12.8 Å². The fourth-order valence-electron chi connectivity index (χ4n) is 2.25. The molecule has 5 nitrogen and oxygen atoms in total. The molecule has 0 fully saturated rings. The zero-order valence-corrected chi connectivity index (χ0v) is 15.0. The van der Waals surface area contributed by atoms with Gasteiger partial charge in [0.1, 0.15) is 5.82 Å². The van der Waals surface area contributed by atoms with E-state index >= 15 is 0 Å². The number of amides is 1. The van der Waals surface area contributed by atoms with Gasteiger partial charge in [-0.3, -0.25) is 4.79 Å². The third kappa shape index (κ3) is 5.31. The molecule has 2 N–H and O–H groups in total. The van der Waals surface area contributed by atoms with Crippen LogP contribution < -0.4 is 10.0 Å². The Hall–Kier alpha value is -2.90. The Balaban J connectivity index is 2.12. The molecule has 0 aromatic heterocycles. The number of alkyl halides is 3. The number of carbonyl (C=O) groups excluding carboxylic acids is 1. The van der Waals surface area contributed by atoms with Crippen molar-refractivity contribution in [3.63, 3.8) is 0 Å². The number of sulfonamides is 1. The number of terminal acetylenes is 1. The fourth-order valence-corrected chi connectivity index (χ4v) is 3.18. The lowest BCUT2D eigenvalue weighted by molar-refractivity contribution is -0.138. The van der Waals surface area contributed by atoms with Gasteiger partial charge in [-0.2, -0.15) is 17.9 Å². The SMILES string of the molecule is C#CCNS(=O)(=O)c1ccc(C(=O)NCc2ccc(F)cc2C(F)(F)F)cc1. The smallest absolute Gasteiger partial charge is 0.348 e. The van der Waals surface area contributed by atoms with Gasteiger partial charge in [0, 0.05) is 12.1 Å². The lowest BCUT2D eigenvalue weighted by Gasteiger charge is -2.13. The molecule has 0 radical (unpaired) electrons. The van der Waals surface area contributed by atoms with E-state index in [9.17, 15) is 30.8 Å². The van der Waals surface area contributed by atoms with Crippen LogP contribution in [0, 0.1) is 18.2 Å². The average molecular weight is 414 g/mol. The second-order valence-corrected chi connectivity index (χ2v) is 7.30. The fraction of sp³-hybridized carbons (Fsp3) is 0.167. The molecule has 0 bridgehead atoms. The summed E-state index contributed by atoms with van der Waals surface area (Å²) < 4.78 is 77.9. The van der Waals surface area contributed by atoms with Crippen LogP contribution in [0.25, 0.3) is 0 Å². The standard InChI is InChI=1S/C18H14F4N2O3S/c1-2-9-24-28(26,27)15-7-4-12(5-8-15)17(25)23-11-13-3-6-14(19)10-16(13)18(20,21)22/h1,3-8,10,24H,9,11H2,(H,23,25). The molecule has 148 valence electrons. The van der Waals surface area contributed by atoms with Gasteiger partial charge >= 0.3 is 6.18 Å². The van der Waals surface area contributed by atoms with Crippen LogP contribution in [0.3, 0.4) is 0 Å². The molecule has 0 heterocycles. The molecule has 0 aliphatic carbocycles. The predicted molar refractivity (Wildman–Crippen MR) is 93.0 cm³/mol. The molecule has 0 atom stereocenters. The number of hydrogen-bond acceptors (Lipinski definition) is 3. The Labute approximate surface area is 158 Å². The van der Waals surface area contributed by atoms with Gasteiger partial charge < -0.3 is 5.32 Å². The van der Waals surface area contributed by atoms with Crippen LogP contribution in [-0.2, 0) is 22.7 Å². The second-order valence-electron chi connectivity index (χ2n) is 5.53. The molecule has 0 saturated heterocycles. The van der Waals surface area contributed by atoms with Gasteiger partial charge in [-0.15, -0.1) is 6.42 Å². The van der Waals surface area contributed by atoms with Crippen molar-refractivity contribution in [3.8, 4) is 12.3 Å². The first-order valence-corrected chi connectivity index (χ1v) is 9.20. The molecule has 1 amide bonds. The second kappa shape index (κ2) is 8.41. The minimum atomic E-state index is -4.77. The third-order valence-electron chi connectivity index (χ3n) is 3.61. The van der Waals surface area contributed by atoms with E-state index in [0.717, 1.165) is 24.3 Å². The van der Waals surface area contributed by atoms with Crippen LogP contribution in [0.2, 0.25) is 0 Å². The summed E-state index contributed by atoms with van der Waals surface area (Å²) in [6.45, 7) is -0.693. The van der Waals surface area contributed by atoms with Crippen molar-refractivity contribution >= 4 is 15.9 Å². The van der Waals surface area contributed by atoms with E-state index in [4.69, 9.17) is 6.42 Å². The maximum absolute atomic E-state index is 13.1. The van der Waals surface area contributed by atoms with Crippen LogP contribution in [0.4, 0.5) is 17.6 Å². The van der Waals surface area contributed by atoms with Gasteiger partial charge in [-0.05, 0) is 42.0 Å². The Morgan fingerprint density at radius 2 is 1.75 bits per heavy atom. The summed E-state index contributed by atoms with van der Waals surface area (Å²) in [7, 11) is -3.83. The molecular weight excluding hydrogens is 400 g/mol. The van der Waals surface area contributed by atoms with Crippen LogP contribution in [0.15, 0.2) is 47.4 Å². The van der Waals surface area contributed by atoms with E-state index in [-0.39, 0.29) is 22.6 Å². The van der Waals surface area contributed by atoms with E-state index in [2.05, 4.69) is 16.0 Å². The van der Waals surface area contributed by atoms with Crippen molar-refractivity contribution in [3.05, 3.63) is 65.0 Å². The number of rotatable bonds is 6. The molecule has 2 aromatic carbocycles. The van der Waals surface area contributed by atoms with Crippen LogP contribution >= 0.6 is 0 Å². The van der Waals surface area contributed by atoms with E-state index < -0.39 is 40.0 Å². The van der Waals surface area contributed by atoms with E-state index in [1.165, 1.54) is 12.1 Å². The van der Waals surface area contributed by atoms with Crippen molar-refractivity contribution in [2.24, 2.45) is 0 Å². The first-order valence-electron chi connectivity index (χ1n) is 7.71. The maximum Gasteiger partial charge on any atom is 0.416 e. The summed E-state index contributed by atoms with van der Waals surface area (Å²) in [5, 5.41) is 2.29. The highest BCUT2D eigenvalue weighted by atomic mass is 32.2. The van der Waals surface area contributed by atoms with Crippen LogP contribution in [-0.4, -0.2) is 20.9 Å². The highest BCUT2D eigenvalue weighted by molar-refractivity contribution is 7.89. The Morgan fingerprint density at radius 3 is 2.32 bits per heavy atom. The zero-order chi connectivity index (χ0) is 20.9. The third-order valence-corrected chi connectivity index (χ3v) is 5.02. The normalized spacial score (nSPS) is 11.7. The first kappa shape index (κ1) is 21.4. The molecule has 0 aliphatic rings. The minimum Gasteiger partial charge on any atom is -0.348 e. The van der Waals surface area contributed by atoms with E-state index in [1.807, 2.05) is 0 Å². The molecule has 0 aliphatic heterocycles. The summed E-state index contributed by atoms with van der Waals surface area (Å²) >= 11 is 0. The summed E-state index contributed by atoms with van der Waals surface area (Å²) in [6.07, 6.45) is 0.209. The van der Waals surface area contributed by atoms with Gasteiger partial charge in [0.05, 0.1) is 17.0 Å². The van der Waals surface area contributed by atoms with Crippen molar-refractivity contribution in [1.82, 2.24) is 10.0 Å². The molecule has 0 unspecified atom stereocenters. The number of hydrogen-bond donors (Lipinski definition) is 2. The van der Waals surface area contributed by atoms with Gasteiger partial charge in [0.2, 0.25) is 10.0 Å². The molecule has 28 heavy (non-hydrogen) atoms. The van der Waals surface area contributed by atoms with Crippen molar-refractivity contribution in [1.29, 1.82) is 0 Å². The van der Waals surface area contributed by atoms with Crippen molar-refractivity contribution < 1.29 is 30.8 Å². The zero-order valence-electron chi connectivity index (χ0n) is 14.2. The quantitative estimate of drug-likeness (QED) is 0.564. The molecule has 0 saturated carbocycles. The Kier molecular flexibility index (Phi) is 6.43. The maximum atomic E-state index is 13.1. The van der Waals surface area contributed by atoms with Crippen LogP contribution in [0.5, 0.6) is 0 Å². The molecular formula is C18H14F4N2O3S. The average Bonchev–Trinajstić information content (AvgIpc) is 2.64. The number of halogens is 4. The Bertz CT molecular complexity index is 1010. The van der Waals surface area contributed by atoms with E-state index in [0.29, 0.717) is 6.07 Å². The summed E-state index contributed by atoms with van der Waals surface area (Å²) in [5.41, 5.74) is -1.46. The minimum absolute atomic E-state index is 0.0339. The molecule has 2 aromatic rings. The number of nitrogens with one attached hydrogen (secondary N) is 2. The highest BCUT2D eigenvalue weighted by Gasteiger charge is 2.33. The molecule has 10 heteroatoms. The first-order chi connectivity index (χ1) is 13.0. The number of carbonyl (C=O) groups is 1. The van der Waals surface area contributed by atoms with Crippen LogP contribution in [0.1, 0.15) is 21.5 Å². The topological polar surface area (TPSA) is 75.3 Å². The lowest BCUT2D eigenvalue weighted by Crippen LogP contribution is -2.25. The Morgan fingerprint density at radius 1 is 1.11 bits per heavy atom. The summed E-state index contributed by atoms with van der Waals surface area (Å²) in [4.78, 5) is 12.0. The van der Waals surface area contributed by atoms with E-state index in [1.54, 1.807) is 0 Å². The summed E-state index contributed by atoms with van der Waals surface area (Å²) in [6, 6.07) is 6.87.